The third kappa shape index (κ3) is 4.44. The molecule has 0 aliphatic rings. The monoisotopic (exact) mass is 311 g/mol. The van der Waals surface area contributed by atoms with Gasteiger partial charge in [0.1, 0.15) is 5.82 Å². The number of para-hydroxylation sites is 1. The molecule has 0 atom stereocenters. The molecule has 0 aliphatic heterocycles. The van der Waals surface area contributed by atoms with E-state index in [-0.39, 0.29) is 11.7 Å². The molecule has 1 aromatic heterocycles. The first-order valence-corrected chi connectivity index (χ1v) is 6.56. The lowest BCUT2D eigenvalue weighted by Gasteiger charge is -2.21. The molecule has 0 fully saturated rings. The molecule has 0 spiro atoms. The molecular formula is C15H13N5O3. The van der Waals surface area contributed by atoms with Gasteiger partial charge in [-0.05, 0) is 24.3 Å². The minimum atomic E-state index is -0.746. The fourth-order valence-electron chi connectivity index (χ4n) is 1.67. The van der Waals surface area contributed by atoms with Crippen LogP contribution >= 0.6 is 0 Å². The van der Waals surface area contributed by atoms with Gasteiger partial charge in [-0.1, -0.05) is 18.2 Å². The number of anilines is 2. The highest BCUT2D eigenvalue weighted by Crippen LogP contribution is 2.19. The van der Waals surface area contributed by atoms with Crippen LogP contribution in [0, 0.1) is 11.5 Å². The van der Waals surface area contributed by atoms with E-state index in [0.29, 0.717) is 11.5 Å². The molecule has 1 aromatic carbocycles. The minimum absolute atomic E-state index is 0.245. The number of carbonyl (C=O) groups is 2. The second-order valence-corrected chi connectivity index (χ2v) is 4.32. The summed E-state index contributed by atoms with van der Waals surface area (Å²) in [6.07, 6.45) is 2.90. The molecule has 0 saturated carbocycles. The average Bonchev–Trinajstić information content (AvgIpc) is 2.54. The SMILES string of the molecule is CC(=O)Nc1ccc(ON(C(=O)NC#N)c2ccccc2)cn1. The largest absolute Gasteiger partial charge is 0.369 e. The van der Waals surface area contributed by atoms with Crippen molar-refractivity contribution in [2.75, 3.05) is 10.4 Å². The zero-order valence-corrected chi connectivity index (χ0v) is 12.2. The normalized spacial score (nSPS) is 9.39. The number of hydroxylamine groups is 1. The molecule has 0 unspecified atom stereocenters. The zero-order chi connectivity index (χ0) is 16.7. The quantitative estimate of drug-likeness (QED) is 0.510. The molecule has 116 valence electrons. The Hall–Kier alpha value is -3.60. The fourth-order valence-corrected chi connectivity index (χ4v) is 1.67. The van der Waals surface area contributed by atoms with E-state index in [0.717, 1.165) is 5.06 Å². The molecular weight excluding hydrogens is 298 g/mol. The number of nitrogens with one attached hydrogen (secondary N) is 2. The molecule has 2 rings (SSSR count). The van der Waals surface area contributed by atoms with Crippen LogP contribution in [0.2, 0.25) is 0 Å². The van der Waals surface area contributed by atoms with Crippen molar-refractivity contribution in [3.63, 3.8) is 0 Å². The molecule has 2 aromatic rings. The van der Waals surface area contributed by atoms with E-state index in [2.05, 4.69) is 10.3 Å². The van der Waals surface area contributed by atoms with Crippen molar-refractivity contribution in [3.05, 3.63) is 48.7 Å². The van der Waals surface area contributed by atoms with Crippen molar-refractivity contribution >= 4 is 23.4 Å². The maximum absolute atomic E-state index is 12.0. The van der Waals surface area contributed by atoms with Gasteiger partial charge in [0.2, 0.25) is 5.91 Å². The first-order chi connectivity index (χ1) is 11.1. The van der Waals surface area contributed by atoms with Crippen molar-refractivity contribution < 1.29 is 14.4 Å². The fraction of sp³-hybridized carbons (Fsp3) is 0.0667. The van der Waals surface area contributed by atoms with Crippen molar-refractivity contribution in [3.8, 4) is 11.9 Å². The third-order valence-electron chi connectivity index (χ3n) is 2.58. The Labute approximate surface area is 132 Å². The number of aromatic nitrogens is 1. The average molecular weight is 311 g/mol. The van der Waals surface area contributed by atoms with Gasteiger partial charge in [0.05, 0.1) is 11.9 Å². The van der Waals surface area contributed by atoms with Gasteiger partial charge in [0, 0.05) is 6.92 Å². The van der Waals surface area contributed by atoms with E-state index in [9.17, 15) is 9.59 Å². The maximum Gasteiger partial charge on any atom is 0.368 e. The molecule has 8 nitrogen and oxygen atoms in total. The van der Waals surface area contributed by atoms with Crippen LogP contribution in [-0.4, -0.2) is 16.9 Å². The van der Waals surface area contributed by atoms with E-state index in [4.69, 9.17) is 10.1 Å². The van der Waals surface area contributed by atoms with Gasteiger partial charge >= 0.3 is 6.03 Å². The minimum Gasteiger partial charge on any atom is -0.369 e. The van der Waals surface area contributed by atoms with Gasteiger partial charge in [-0.25, -0.2) is 15.1 Å². The number of rotatable bonds is 4. The zero-order valence-electron chi connectivity index (χ0n) is 12.2. The summed E-state index contributed by atoms with van der Waals surface area (Å²) >= 11 is 0. The molecule has 0 radical (unpaired) electrons. The smallest absolute Gasteiger partial charge is 0.368 e. The number of benzene rings is 1. The molecule has 23 heavy (non-hydrogen) atoms. The second-order valence-electron chi connectivity index (χ2n) is 4.32. The lowest BCUT2D eigenvalue weighted by molar-refractivity contribution is -0.114. The predicted octanol–water partition coefficient (Wildman–Crippen LogP) is 2.03. The first kappa shape index (κ1) is 15.8. The van der Waals surface area contributed by atoms with Crippen molar-refractivity contribution in [1.82, 2.24) is 10.3 Å². The number of pyridine rings is 1. The van der Waals surface area contributed by atoms with Crippen LogP contribution in [0.4, 0.5) is 16.3 Å². The Balaban J connectivity index is 2.19. The Morgan fingerprint density at radius 3 is 2.52 bits per heavy atom. The Morgan fingerprint density at radius 2 is 1.96 bits per heavy atom. The van der Waals surface area contributed by atoms with Gasteiger partial charge in [-0.3, -0.25) is 4.79 Å². The van der Waals surface area contributed by atoms with E-state index in [1.54, 1.807) is 36.5 Å². The molecule has 2 N–H and O–H groups in total. The summed E-state index contributed by atoms with van der Waals surface area (Å²) in [5, 5.41) is 14.0. The number of carbonyl (C=O) groups excluding carboxylic acids is 2. The van der Waals surface area contributed by atoms with Gasteiger partial charge in [0.15, 0.2) is 11.9 Å². The molecule has 0 saturated heterocycles. The second kappa shape index (κ2) is 7.42. The number of amides is 3. The van der Waals surface area contributed by atoms with Crippen molar-refractivity contribution in [2.24, 2.45) is 0 Å². The lowest BCUT2D eigenvalue weighted by Crippen LogP contribution is -2.40. The van der Waals surface area contributed by atoms with Crippen LogP contribution in [0.3, 0.4) is 0 Å². The number of nitriles is 1. The number of hydrogen-bond donors (Lipinski definition) is 2. The Bertz CT molecular complexity index is 725. The lowest BCUT2D eigenvalue weighted by atomic mass is 10.3. The first-order valence-electron chi connectivity index (χ1n) is 6.56. The summed E-state index contributed by atoms with van der Waals surface area (Å²) < 4.78 is 0. The van der Waals surface area contributed by atoms with Crippen molar-refractivity contribution in [2.45, 2.75) is 6.92 Å². The summed E-state index contributed by atoms with van der Waals surface area (Å²) in [7, 11) is 0. The highest BCUT2D eigenvalue weighted by atomic mass is 16.7. The Kier molecular flexibility index (Phi) is 5.09. The standard InChI is InChI=1S/C15H13N5O3/c1-11(21)19-14-8-7-13(9-17-14)23-20(15(22)18-10-16)12-5-3-2-4-6-12/h2-9H,1H3,(H,18,22)(H,17,19,21). The predicted molar refractivity (Wildman–Crippen MR) is 82.2 cm³/mol. The van der Waals surface area contributed by atoms with Crippen LogP contribution in [0.1, 0.15) is 6.92 Å². The van der Waals surface area contributed by atoms with Crippen molar-refractivity contribution in [1.29, 1.82) is 5.26 Å². The van der Waals surface area contributed by atoms with Crippen LogP contribution in [0.25, 0.3) is 0 Å². The molecule has 1 heterocycles. The van der Waals surface area contributed by atoms with Crippen LogP contribution in [-0.2, 0) is 4.79 Å². The summed E-state index contributed by atoms with van der Waals surface area (Å²) in [5.41, 5.74) is 0.436. The van der Waals surface area contributed by atoms with E-state index >= 15 is 0 Å². The number of nitrogens with zero attached hydrogens (tertiary/aromatic N) is 3. The molecule has 0 bridgehead atoms. The Morgan fingerprint density at radius 1 is 1.22 bits per heavy atom. The van der Waals surface area contributed by atoms with E-state index in [1.165, 1.54) is 25.3 Å². The molecule has 3 amide bonds. The van der Waals surface area contributed by atoms with E-state index in [1.807, 2.05) is 5.32 Å². The van der Waals surface area contributed by atoms with Gasteiger partial charge in [-0.15, -0.1) is 5.06 Å². The molecule has 8 heteroatoms. The highest BCUT2D eigenvalue weighted by Gasteiger charge is 2.18. The highest BCUT2D eigenvalue weighted by molar-refractivity contribution is 5.91. The molecule has 0 aliphatic carbocycles. The van der Waals surface area contributed by atoms with Gasteiger partial charge in [-0.2, -0.15) is 5.26 Å². The summed E-state index contributed by atoms with van der Waals surface area (Å²) in [6, 6.07) is 10.9. The summed E-state index contributed by atoms with van der Waals surface area (Å²) in [5.74, 6) is 0.374. The summed E-state index contributed by atoms with van der Waals surface area (Å²) in [4.78, 5) is 32.4. The van der Waals surface area contributed by atoms with Crippen LogP contribution in [0.5, 0.6) is 5.75 Å². The topological polar surface area (TPSA) is 107 Å². The number of urea groups is 1. The number of hydrogen-bond acceptors (Lipinski definition) is 5. The van der Waals surface area contributed by atoms with Crippen LogP contribution < -0.4 is 20.5 Å². The third-order valence-corrected chi connectivity index (χ3v) is 2.58. The maximum atomic E-state index is 12.0. The van der Waals surface area contributed by atoms with Gasteiger partial charge < -0.3 is 10.2 Å². The van der Waals surface area contributed by atoms with Gasteiger partial charge in [0.25, 0.3) is 0 Å². The summed E-state index contributed by atoms with van der Waals surface area (Å²) in [6.45, 7) is 1.37. The van der Waals surface area contributed by atoms with Crippen LogP contribution in [0.15, 0.2) is 48.7 Å². The van der Waals surface area contributed by atoms with E-state index < -0.39 is 6.03 Å².